The monoisotopic (exact) mass is 889 g/mol. The maximum Gasteiger partial charge on any atom is 0.306 e. The van der Waals surface area contributed by atoms with Crippen molar-refractivity contribution in [1.29, 1.82) is 0 Å². The summed E-state index contributed by atoms with van der Waals surface area (Å²) in [5.74, 6) is -0.993. The average Bonchev–Trinajstić information content (AvgIpc) is 3.29. The summed E-state index contributed by atoms with van der Waals surface area (Å²) in [4.78, 5) is 38.0. The molecule has 0 unspecified atom stereocenters. The molecule has 0 rings (SSSR count). The molecular weight excluding hydrogens is 793 g/mol. The van der Waals surface area contributed by atoms with Gasteiger partial charge in [-0.05, 0) is 116 Å². The Hall–Kier alpha value is -3.67. The highest BCUT2D eigenvalue weighted by atomic mass is 16.6. The standard InChI is InChI=1S/C58H96O6/c1-4-7-10-13-16-19-22-25-28-29-31-33-36-39-42-45-48-51-57(60)63-54-55(53-62-56(59)50-47-44-41-38-35-32-27-24-21-18-15-12-9-6-3)64-58(61)52-49-46-43-40-37-34-30-26-23-20-17-14-11-8-5-2/h8,11,16-17,19-20,24-28,30-31,33,39,42,55H,4-7,9-10,12-15,18,21-23,29,32,34-38,40-41,43-54H2,1-3H3/b11-8+,19-16+,20-17+,27-24+,28-25+,30-26+,33-31+,42-39+/t55-/m1/s1. The third-order valence-electron chi connectivity index (χ3n) is 10.8. The molecule has 364 valence electrons. The lowest BCUT2D eigenvalue weighted by Crippen LogP contribution is -2.30. The maximum absolute atomic E-state index is 12.8. The Labute approximate surface area is 394 Å². The fourth-order valence-electron chi connectivity index (χ4n) is 6.85. The number of carbonyl (C=O) groups excluding carboxylic acids is 3. The number of allylic oxidation sites excluding steroid dienone is 16. The second-order valence-corrected chi connectivity index (χ2v) is 17.0. The Balaban J connectivity index is 4.52. The van der Waals surface area contributed by atoms with Crippen molar-refractivity contribution >= 4 is 17.9 Å². The summed E-state index contributed by atoms with van der Waals surface area (Å²) < 4.78 is 16.7. The molecule has 64 heavy (non-hydrogen) atoms. The van der Waals surface area contributed by atoms with Crippen LogP contribution in [0, 0.1) is 0 Å². The number of carbonyl (C=O) groups is 3. The molecule has 6 heteroatoms. The topological polar surface area (TPSA) is 78.9 Å². The van der Waals surface area contributed by atoms with Crippen LogP contribution in [-0.4, -0.2) is 37.2 Å². The molecule has 0 heterocycles. The van der Waals surface area contributed by atoms with Gasteiger partial charge in [0, 0.05) is 19.3 Å². The van der Waals surface area contributed by atoms with E-state index in [0.29, 0.717) is 19.3 Å². The highest BCUT2D eigenvalue weighted by molar-refractivity contribution is 5.71. The first-order valence-electron chi connectivity index (χ1n) is 26.2. The lowest BCUT2D eigenvalue weighted by molar-refractivity contribution is -0.167. The molecule has 1 atom stereocenters. The van der Waals surface area contributed by atoms with Crippen molar-refractivity contribution in [1.82, 2.24) is 0 Å². The summed E-state index contributed by atoms with van der Waals surface area (Å²) in [6.45, 7) is 6.41. The van der Waals surface area contributed by atoms with Crippen LogP contribution in [0.25, 0.3) is 0 Å². The minimum atomic E-state index is -0.812. The summed E-state index contributed by atoms with van der Waals surface area (Å²) in [6, 6.07) is 0. The van der Waals surface area contributed by atoms with Gasteiger partial charge < -0.3 is 14.2 Å². The van der Waals surface area contributed by atoms with Crippen LogP contribution in [0.2, 0.25) is 0 Å². The normalized spacial score (nSPS) is 12.9. The van der Waals surface area contributed by atoms with E-state index in [0.717, 1.165) is 116 Å². The molecule has 0 aliphatic carbocycles. The molecule has 0 radical (unpaired) electrons. The fraction of sp³-hybridized carbons (Fsp3) is 0.672. The second-order valence-electron chi connectivity index (χ2n) is 17.0. The molecule has 0 aliphatic rings. The summed E-state index contributed by atoms with van der Waals surface area (Å²) in [5.41, 5.74) is 0. The minimum absolute atomic E-state index is 0.107. The molecule has 0 spiro atoms. The smallest absolute Gasteiger partial charge is 0.306 e. The predicted molar refractivity (Wildman–Crippen MR) is 274 cm³/mol. The number of ether oxygens (including phenoxy) is 3. The molecule has 0 amide bonds. The van der Waals surface area contributed by atoms with Crippen molar-refractivity contribution in [2.45, 2.75) is 239 Å². The van der Waals surface area contributed by atoms with E-state index < -0.39 is 6.10 Å². The highest BCUT2D eigenvalue weighted by Gasteiger charge is 2.19. The lowest BCUT2D eigenvalue weighted by atomic mass is 10.1. The molecule has 6 nitrogen and oxygen atoms in total. The predicted octanol–water partition coefficient (Wildman–Crippen LogP) is 17.4. The number of hydrogen-bond donors (Lipinski definition) is 0. The van der Waals surface area contributed by atoms with E-state index in [4.69, 9.17) is 14.2 Å². The summed E-state index contributed by atoms with van der Waals surface area (Å²) in [7, 11) is 0. The molecule has 0 aromatic rings. The van der Waals surface area contributed by atoms with E-state index in [1.807, 2.05) is 0 Å². The lowest BCUT2D eigenvalue weighted by Gasteiger charge is -2.18. The zero-order chi connectivity index (χ0) is 46.5. The summed E-state index contributed by atoms with van der Waals surface area (Å²) in [5, 5.41) is 0. The second kappa shape index (κ2) is 52.0. The van der Waals surface area contributed by atoms with Crippen LogP contribution in [0.15, 0.2) is 97.2 Å². The number of rotatable bonds is 46. The quantitative estimate of drug-likeness (QED) is 0.0262. The SMILES string of the molecule is CC/C=C/C/C=C/C/C=C/CCCCCCCC(=O)O[C@@H](COC(=O)CCC/C=C/C/C=C/C/C=C/C/C=C/CCCCC)COC(=O)CCCCCCC/C=C/CCCCCCC. The van der Waals surface area contributed by atoms with Gasteiger partial charge in [-0.2, -0.15) is 0 Å². The van der Waals surface area contributed by atoms with Gasteiger partial charge in [-0.3, -0.25) is 14.4 Å². The van der Waals surface area contributed by atoms with Gasteiger partial charge in [-0.1, -0.05) is 195 Å². The van der Waals surface area contributed by atoms with Crippen LogP contribution >= 0.6 is 0 Å². The average molecular weight is 889 g/mol. The highest BCUT2D eigenvalue weighted by Crippen LogP contribution is 2.13. The number of unbranched alkanes of at least 4 members (excludes halogenated alkanes) is 19. The number of hydrogen-bond acceptors (Lipinski definition) is 6. The van der Waals surface area contributed by atoms with Crippen molar-refractivity contribution in [3.05, 3.63) is 97.2 Å². The third kappa shape index (κ3) is 49.3. The van der Waals surface area contributed by atoms with Crippen molar-refractivity contribution in [3.8, 4) is 0 Å². The van der Waals surface area contributed by atoms with Crippen LogP contribution < -0.4 is 0 Å². The van der Waals surface area contributed by atoms with Gasteiger partial charge in [0.2, 0.25) is 0 Å². The van der Waals surface area contributed by atoms with E-state index in [1.54, 1.807) is 0 Å². The van der Waals surface area contributed by atoms with Crippen LogP contribution in [0.5, 0.6) is 0 Å². The van der Waals surface area contributed by atoms with Gasteiger partial charge in [0.1, 0.15) is 13.2 Å². The van der Waals surface area contributed by atoms with Crippen molar-refractivity contribution in [3.63, 3.8) is 0 Å². The van der Waals surface area contributed by atoms with Crippen LogP contribution in [0.4, 0.5) is 0 Å². The fourth-order valence-corrected chi connectivity index (χ4v) is 6.85. The molecule has 0 aromatic heterocycles. The van der Waals surface area contributed by atoms with Crippen molar-refractivity contribution < 1.29 is 28.6 Å². The van der Waals surface area contributed by atoms with E-state index >= 15 is 0 Å². The van der Waals surface area contributed by atoms with Gasteiger partial charge >= 0.3 is 17.9 Å². The molecule has 0 N–H and O–H groups in total. The largest absolute Gasteiger partial charge is 0.462 e. The Bertz CT molecular complexity index is 1300. The zero-order valence-corrected chi connectivity index (χ0v) is 41.5. The molecule has 0 bridgehead atoms. The minimum Gasteiger partial charge on any atom is -0.462 e. The number of esters is 3. The van der Waals surface area contributed by atoms with Gasteiger partial charge in [0.15, 0.2) is 6.10 Å². The van der Waals surface area contributed by atoms with Gasteiger partial charge in [0.25, 0.3) is 0 Å². The Morgan fingerprint density at radius 2 is 0.625 bits per heavy atom. The van der Waals surface area contributed by atoms with E-state index in [2.05, 4.69) is 118 Å². The molecule has 0 aromatic carbocycles. The van der Waals surface area contributed by atoms with Crippen molar-refractivity contribution in [2.24, 2.45) is 0 Å². The van der Waals surface area contributed by atoms with Gasteiger partial charge in [-0.15, -0.1) is 0 Å². The first kappa shape index (κ1) is 60.3. The Kier molecular flexibility index (Phi) is 49.0. The van der Waals surface area contributed by atoms with Gasteiger partial charge in [-0.25, -0.2) is 0 Å². The summed E-state index contributed by atoms with van der Waals surface area (Å²) >= 11 is 0. The van der Waals surface area contributed by atoms with Crippen molar-refractivity contribution in [2.75, 3.05) is 13.2 Å². The van der Waals surface area contributed by atoms with E-state index in [-0.39, 0.29) is 37.5 Å². The van der Waals surface area contributed by atoms with Gasteiger partial charge in [0.05, 0.1) is 0 Å². The van der Waals surface area contributed by atoms with Crippen LogP contribution in [-0.2, 0) is 28.6 Å². The molecule has 0 saturated heterocycles. The first-order chi connectivity index (χ1) is 31.5. The van der Waals surface area contributed by atoms with Crippen LogP contribution in [0.3, 0.4) is 0 Å². The van der Waals surface area contributed by atoms with Crippen LogP contribution in [0.1, 0.15) is 233 Å². The Morgan fingerprint density at radius 3 is 1.06 bits per heavy atom. The molecule has 0 fully saturated rings. The third-order valence-corrected chi connectivity index (χ3v) is 10.8. The maximum atomic E-state index is 12.8. The first-order valence-corrected chi connectivity index (χ1v) is 26.2. The van der Waals surface area contributed by atoms with E-state index in [9.17, 15) is 14.4 Å². The molecular formula is C58H96O6. The Morgan fingerprint density at radius 1 is 0.328 bits per heavy atom. The summed E-state index contributed by atoms with van der Waals surface area (Å²) in [6.07, 6.45) is 68.2. The molecule has 0 aliphatic heterocycles. The van der Waals surface area contributed by atoms with E-state index in [1.165, 1.54) is 70.6 Å². The molecule has 0 saturated carbocycles. The zero-order valence-electron chi connectivity index (χ0n) is 41.5.